The maximum Gasteiger partial charge on any atom is 0.333 e. The molecular formula is C7H14ClNO2. The van der Waals surface area contributed by atoms with E-state index in [-0.39, 0.29) is 18.4 Å². The largest absolute Gasteiger partial charge is 0.462 e. The van der Waals surface area contributed by atoms with Gasteiger partial charge in [-0.3, -0.25) is 0 Å². The third kappa shape index (κ3) is 7.36. The maximum absolute atomic E-state index is 10.7. The van der Waals surface area contributed by atoms with Crippen LogP contribution in [0.2, 0.25) is 0 Å². The van der Waals surface area contributed by atoms with Gasteiger partial charge in [0.15, 0.2) is 0 Å². The summed E-state index contributed by atoms with van der Waals surface area (Å²) in [5, 5.41) is 0. The van der Waals surface area contributed by atoms with Crippen LogP contribution in [0.25, 0.3) is 0 Å². The number of halogens is 1. The lowest BCUT2D eigenvalue weighted by atomic mass is 10.4. The number of hydrogen-bond donors (Lipinski definition) is 1. The zero-order valence-corrected chi connectivity index (χ0v) is 7.45. The number of hydrogen-bond acceptors (Lipinski definition) is 3. The number of rotatable bonds is 4. The van der Waals surface area contributed by atoms with Crippen LogP contribution in [-0.2, 0) is 9.53 Å². The minimum atomic E-state index is -0.339. The molecule has 0 unspecified atom stereocenters. The van der Waals surface area contributed by atoms with E-state index in [0.717, 1.165) is 0 Å². The van der Waals surface area contributed by atoms with Crippen LogP contribution in [0.3, 0.4) is 0 Å². The minimum absolute atomic E-state index is 0. The van der Waals surface area contributed by atoms with Gasteiger partial charge in [-0.15, -0.1) is 12.4 Å². The van der Waals surface area contributed by atoms with E-state index in [1.807, 2.05) is 0 Å². The Morgan fingerprint density at radius 1 is 1.64 bits per heavy atom. The van der Waals surface area contributed by atoms with Crippen molar-refractivity contribution in [3.05, 3.63) is 12.2 Å². The van der Waals surface area contributed by atoms with Crippen molar-refractivity contribution in [2.45, 2.75) is 13.3 Å². The van der Waals surface area contributed by atoms with Gasteiger partial charge in [-0.1, -0.05) is 6.58 Å². The normalized spacial score (nSPS) is 8.18. The van der Waals surface area contributed by atoms with E-state index in [2.05, 4.69) is 6.58 Å². The topological polar surface area (TPSA) is 52.3 Å². The van der Waals surface area contributed by atoms with Crippen LogP contribution in [0, 0.1) is 0 Å². The quantitative estimate of drug-likeness (QED) is 0.396. The lowest BCUT2D eigenvalue weighted by Gasteiger charge is -2.01. The first-order valence-corrected chi connectivity index (χ1v) is 3.21. The maximum atomic E-state index is 10.7. The molecule has 0 rings (SSSR count). The van der Waals surface area contributed by atoms with E-state index in [1.165, 1.54) is 0 Å². The fraction of sp³-hybridized carbons (Fsp3) is 0.571. The average molecular weight is 180 g/mol. The second kappa shape index (κ2) is 7.57. The second-order valence-corrected chi connectivity index (χ2v) is 2.06. The van der Waals surface area contributed by atoms with Crippen molar-refractivity contribution in [3.63, 3.8) is 0 Å². The minimum Gasteiger partial charge on any atom is -0.462 e. The van der Waals surface area contributed by atoms with E-state index in [4.69, 9.17) is 10.5 Å². The second-order valence-electron chi connectivity index (χ2n) is 2.06. The Morgan fingerprint density at radius 2 is 2.18 bits per heavy atom. The standard InChI is InChI=1S/C7H13NO2.ClH/c1-6(2)7(9)10-5-3-4-8;/h1,3-5,8H2,2H3;1H. The van der Waals surface area contributed by atoms with Gasteiger partial charge in [-0.2, -0.15) is 0 Å². The first-order chi connectivity index (χ1) is 4.68. The van der Waals surface area contributed by atoms with Gasteiger partial charge in [-0.05, 0) is 19.9 Å². The first-order valence-electron chi connectivity index (χ1n) is 3.21. The molecule has 3 nitrogen and oxygen atoms in total. The van der Waals surface area contributed by atoms with Crippen LogP contribution < -0.4 is 5.73 Å². The number of carbonyl (C=O) groups is 1. The summed E-state index contributed by atoms with van der Waals surface area (Å²) >= 11 is 0. The van der Waals surface area contributed by atoms with E-state index in [1.54, 1.807) is 6.92 Å². The molecule has 0 bridgehead atoms. The summed E-state index contributed by atoms with van der Waals surface area (Å²) in [6.07, 6.45) is 0.707. The summed E-state index contributed by atoms with van der Waals surface area (Å²) in [7, 11) is 0. The van der Waals surface area contributed by atoms with E-state index >= 15 is 0 Å². The Labute approximate surface area is 73.0 Å². The Kier molecular flexibility index (Phi) is 9.00. The van der Waals surface area contributed by atoms with Crippen molar-refractivity contribution in [2.75, 3.05) is 13.2 Å². The molecule has 0 aliphatic heterocycles. The van der Waals surface area contributed by atoms with Gasteiger partial charge in [0.1, 0.15) is 0 Å². The van der Waals surface area contributed by atoms with Crippen molar-refractivity contribution in [1.29, 1.82) is 0 Å². The van der Waals surface area contributed by atoms with Crippen LogP contribution in [-0.4, -0.2) is 19.1 Å². The van der Waals surface area contributed by atoms with Gasteiger partial charge in [0, 0.05) is 5.57 Å². The molecule has 0 spiro atoms. The van der Waals surface area contributed by atoms with Gasteiger partial charge >= 0.3 is 5.97 Å². The smallest absolute Gasteiger partial charge is 0.333 e. The average Bonchev–Trinajstić information content (AvgIpc) is 1.88. The van der Waals surface area contributed by atoms with Crippen LogP contribution >= 0.6 is 12.4 Å². The summed E-state index contributed by atoms with van der Waals surface area (Å²) in [6.45, 7) is 5.98. The fourth-order valence-corrected chi connectivity index (χ4v) is 0.371. The zero-order chi connectivity index (χ0) is 7.98. The highest BCUT2D eigenvalue weighted by Crippen LogP contribution is 1.91. The van der Waals surface area contributed by atoms with Crippen LogP contribution in [0.4, 0.5) is 0 Å². The van der Waals surface area contributed by atoms with Crippen LogP contribution in [0.15, 0.2) is 12.2 Å². The van der Waals surface area contributed by atoms with Gasteiger partial charge in [0.25, 0.3) is 0 Å². The summed E-state index contributed by atoms with van der Waals surface area (Å²) in [4.78, 5) is 10.7. The summed E-state index contributed by atoms with van der Waals surface area (Å²) in [6, 6.07) is 0. The number of nitrogens with two attached hydrogens (primary N) is 1. The van der Waals surface area contributed by atoms with E-state index < -0.39 is 0 Å². The van der Waals surface area contributed by atoms with Crippen molar-refractivity contribution in [3.8, 4) is 0 Å². The number of ether oxygens (including phenoxy) is 1. The molecule has 0 amide bonds. The zero-order valence-electron chi connectivity index (χ0n) is 6.63. The number of esters is 1. The highest BCUT2D eigenvalue weighted by Gasteiger charge is 2.00. The monoisotopic (exact) mass is 179 g/mol. The van der Waals surface area contributed by atoms with Crippen molar-refractivity contribution >= 4 is 18.4 Å². The molecule has 0 aromatic carbocycles. The van der Waals surface area contributed by atoms with Crippen molar-refractivity contribution < 1.29 is 9.53 Å². The summed E-state index contributed by atoms with van der Waals surface area (Å²) in [5.74, 6) is -0.339. The Morgan fingerprint density at radius 3 is 2.55 bits per heavy atom. The predicted octanol–water partition coefficient (Wildman–Crippen LogP) is 0.876. The molecule has 0 atom stereocenters. The molecule has 2 N–H and O–H groups in total. The van der Waals surface area contributed by atoms with Crippen molar-refractivity contribution in [2.24, 2.45) is 5.73 Å². The molecule has 66 valence electrons. The SMILES string of the molecule is C=C(C)C(=O)OCCCN.Cl. The fourth-order valence-electron chi connectivity index (χ4n) is 0.371. The van der Waals surface area contributed by atoms with E-state index in [0.29, 0.717) is 25.1 Å². The van der Waals surface area contributed by atoms with E-state index in [9.17, 15) is 4.79 Å². The highest BCUT2D eigenvalue weighted by atomic mass is 35.5. The van der Waals surface area contributed by atoms with Crippen LogP contribution in [0.5, 0.6) is 0 Å². The Bertz CT molecular complexity index is 136. The summed E-state index contributed by atoms with van der Waals surface area (Å²) < 4.78 is 4.73. The Hall–Kier alpha value is -0.540. The Balaban J connectivity index is 0. The molecule has 0 aliphatic carbocycles. The van der Waals surface area contributed by atoms with Gasteiger partial charge in [-0.25, -0.2) is 4.79 Å². The number of carbonyl (C=O) groups excluding carboxylic acids is 1. The third-order valence-corrected chi connectivity index (χ3v) is 0.930. The molecule has 11 heavy (non-hydrogen) atoms. The van der Waals surface area contributed by atoms with Gasteiger partial charge in [0.2, 0.25) is 0 Å². The molecular weight excluding hydrogens is 166 g/mol. The lowest BCUT2D eigenvalue weighted by Crippen LogP contribution is -2.09. The third-order valence-electron chi connectivity index (χ3n) is 0.930. The molecule has 0 saturated carbocycles. The molecule has 0 aromatic rings. The molecule has 0 saturated heterocycles. The molecule has 0 aliphatic rings. The molecule has 0 aromatic heterocycles. The lowest BCUT2D eigenvalue weighted by molar-refractivity contribution is -0.138. The first kappa shape index (κ1) is 13.1. The van der Waals surface area contributed by atoms with Crippen molar-refractivity contribution in [1.82, 2.24) is 0 Å². The molecule has 0 fully saturated rings. The molecule has 4 heteroatoms. The van der Waals surface area contributed by atoms with Crippen LogP contribution in [0.1, 0.15) is 13.3 Å². The van der Waals surface area contributed by atoms with Gasteiger partial charge < -0.3 is 10.5 Å². The van der Waals surface area contributed by atoms with Gasteiger partial charge in [0.05, 0.1) is 6.61 Å². The highest BCUT2D eigenvalue weighted by molar-refractivity contribution is 5.86. The molecule has 0 radical (unpaired) electrons. The summed E-state index contributed by atoms with van der Waals surface area (Å²) in [5.41, 5.74) is 5.60. The predicted molar refractivity (Wildman–Crippen MR) is 46.7 cm³/mol. The molecule has 0 heterocycles.